The Hall–Kier alpha value is -3.42. The van der Waals surface area contributed by atoms with Crippen LogP contribution in [0.5, 0.6) is 0 Å². The second kappa shape index (κ2) is 13.7. The van der Waals surface area contributed by atoms with Crippen molar-refractivity contribution in [1.82, 2.24) is 16.0 Å². The first kappa shape index (κ1) is 27.6. The molecule has 0 fully saturated rings. The van der Waals surface area contributed by atoms with E-state index >= 15 is 0 Å². The minimum atomic E-state index is -1.56. The summed E-state index contributed by atoms with van der Waals surface area (Å²) >= 11 is 0. The van der Waals surface area contributed by atoms with Crippen LogP contribution in [0.1, 0.15) is 33.1 Å². The second-order valence-corrected chi connectivity index (χ2v) is 7.13. The standard InChI is InChI=1S/C17H32N8O6/c1-8(2)13(19)15(29)23-7-12(27)24-9(4-3-5-22-17(20)21)14(28)25-10(16(30)31)6-11(18)26/h8-10,13H,3-7,19H2,1-2H3,(H2,18,26)(H,23,29)(H,24,27)(H,25,28)(H,30,31)(H4,20,21,22). The Labute approximate surface area is 179 Å². The third kappa shape index (κ3) is 12.0. The van der Waals surface area contributed by atoms with Gasteiger partial charge in [0.05, 0.1) is 19.0 Å². The van der Waals surface area contributed by atoms with Crippen molar-refractivity contribution in [2.24, 2.45) is 33.8 Å². The lowest BCUT2D eigenvalue weighted by Gasteiger charge is -2.21. The van der Waals surface area contributed by atoms with Crippen LogP contribution in [0.15, 0.2) is 4.99 Å². The fourth-order valence-corrected chi connectivity index (χ4v) is 2.28. The Kier molecular flexibility index (Phi) is 12.2. The van der Waals surface area contributed by atoms with Crippen molar-refractivity contribution in [2.75, 3.05) is 13.1 Å². The number of rotatable bonds is 14. The number of amides is 4. The summed E-state index contributed by atoms with van der Waals surface area (Å²) in [5, 5.41) is 16.0. The molecule has 0 saturated heterocycles. The number of carboxylic acid groups (broad SMARTS) is 1. The van der Waals surface area contributed by atoms with Crippen molar-refractivity contribution in [3.8, 4) is 0 Å². The van der Waals surface area contributed by atoms with E-state index in [-0.39, 0.29) is 31.3 Å². The Balaban J connectivity index is 5.09. The summed E-state index contributed by atoms with van der Waals surface area (Å²) in [7, 11) is 0. The lowest BCUT2D eigenvalue weighted by atomic mass is 10.1. The van der Waals surface area contributed by atoms with Gasteiger partial charge in [0.25, 0.3) is 0 Å². The largest absolute Gasteiger partial charge is 0.480 e. The number of carbonyl (C=O) groups excluding carboxylic acids is 4. The van der Waals surface area contributed by atoms with Crippen LogP contribution in [0, 0.1) is 5.92 Å². The average molecular weight is 444 g/mol. The minimum absolute atomic E-state index is 0.0523. The molecule has 0 aliphatic carbocycles. The highest BCUT2D eigenvalue weighted by Gasteiger charge is 2.27. The number of nitrogens with two attached hydrogens (primary N) is 4. The number of hydrogen-bond donors (Lipinski definition) is 8. The van der Waals surface area contributed by atoms with Crippen molar-refractivity contribution in [3.05, 3.63) is 0 Å². The zero-order valence-electron chi connectivity index (χ0n) is 17.6. The number of nitrogens with one attached hydrogen (secondary N) is 3. The van der Waals surface area contributed by atoms with Gasteiger partial charge >= 0.3 is 5.97 Å². The number of aliphatic carboxylic acids is 1. The monoisotopic (exact) mass is 444 g/mol. The van der Waals surface area contributed by atoms with Crippen LogP contribution >= 0.6 is 0 Å². The van der Waals surface area contributed by atoms with Gasteiger partial charge in [-0.25, -0.2) is 4.79 Å². The minimum Gasteiger partial charge on any atom is -0.480 e. The van der Waals surface area contributed by atoms with Gasteiger partial charge in [-0.15, -0.1) is 0 Å². The van der Waals surface area contributed by atoms with Crippen LogP contribution in [0.25, 0.3) is 0 Å². The average Bonchev–Trinajstić information content (AvgIpc) is 2.66. The predicted octanol–water partition coefficient (Wildman–Crippen LogP) is -3.93. The first-order valence-electron chi connectivity index (χ1n) is 9.54. The summed E-state index contributed by atoms with van der Waals surface area (Å²) in [4.78, 5) is 62.6. The zero-order chi connectivity index (χ0) is 24.1. The third-order valence-electron chi connectivity index (χ3n) is 4.06. The predicted molar refractivity (Wildman–Crippen MR) is 111 cm³/mol. The van der Waals surface area contributed by atoms with Gasteiger partial charge in [-0.05, 0) is 18.8 Å². The van der Waals surface area contributed by atoms with E-state index in [4.69, 9.17) is 28.0 Å². The maximum absolute atomic E-state index is 12.5. The molecule has 0 aromatic carbocycles. The fraction of sp³-hybridized carbons (Fsp3) is 0.647. The number of carboxylic acids is 1. The molecular weight excluding hydrogens is 412 g/mol. The number of nitrogens with zero attached hydrogens (tertiary/aromatic N) is 1. The van der Waals surface area contributed by atoms with Gasteiger partial charge in [0.15, 0.2) is 5.96 Å². The number of carbonyl (C=O) groups is 5. The molecule has 0 aliphatic heterocycles. The SMILES string of the molecule is CC(C)C(N)C(=O)NCC(=O)NC(CCCN=C(N)N)C(=O)NC(CC(N)=O)C(=O)O. The van der Waals surface area contributed by atoms with Crippen LogP contribution in [-0.4, -0.2) is 71.9 Å². The molecular formula is C17H32N8O6. The molecule has 0 heterocycles. The van der Waals surface area contributed by atoms with Crippen LogP contribution in [0.4, 0.5) is 0 Å². The number of hydrogen-bond acceptors (Lipinski definition) is 7. The summed E-state index contributed by atoms with van der Waals surface area (Å²) in [6.45, 7) is 3.20. The van der Waals surface area contributed by atoms with Crippen LogP contribution in [0.3, 0.4) is 0 Å². The molecule has 0 aromatic rings. The molecule has 12 N–H and O–H groups in total. The lowest BCUT2D eigenvalue weighted by Crippen LogP contribution is -2.54. The van der Waals surface area contributed by atoms with Crippen LogP contribution in [-0.2, 0) is 24.0 Å². The van der Waals surface area contributed by atoms with Gasteiger partial charge in [-0.3, -0.25) is 24.2 Å². The van der Waals surface area contributed by atoms with E-state index in [1.54, 1.807) is 13.8 Å². The summed E-state index contributed by atoms with van der Waals surface area (Å²) < 4.78 is 0. The first-order chi connectivity index (χ1) is 14.3. The molecule has 0 saturated carbocycles. The number of aliphatic imine (C=N–C) groups is 1. The van der Waals surface area contributed by atoms with Gasteiger partial charge in [0.1, 0.15) is 12.1 Å². The zero-order valence-corrected chi connectivity index (χ0v) is 17.6. The molecule has 14 heteroatoms. The molecule has 31 heavy (non-hydrogen) atoms. The molecule has 0 rings (SSSR count). The van der Waals surface area contributed by atoms with E-state index in [1.807, 2.05) is 0 Å². The normalized spacial score (nSPS) is 13.4. The first-order valence-corrected chi connectivity index (χ1v) is 9.54. The highest BCUT2D eigenvalue weighted by Crippen LogP contribution is 2.02. The summed E-state index contributed by atoms with van der Waals surface area (Å²) in [5.41, 5.74) is 21.1. The van der Waals surface area contributed by atoms with Gasteiger partial charge < -0.3 is 44.0 Å². The maximum Gasteiger partial charge on any atom is 0.326 e. The van der Waals surface area contributed by atoms with Gasteiger partial charge in [-0.1, -0.05) is 13.8 Å². The fourth-order valence-electron chi connectivity index (χ4n) is 2.28. The molecule has 0 bridgehead atoms. The van der Waals surface area contributed by atoms with Crippen LogP contribution < -0.4 is 38.9 Å². The van der Waals surface area contributed by atoms with Gasteiger partial charge in [0.2, 0.25) is 23.6 Å². The van der Waals surface area contributed by atoms with Crippen molar-refractivity contribution >= 4 is 35.6 Å². The third-order valence-corrected chi connectivity index (χ3v) is 4.06. The lowest BCUT2D eigenvalue weighted by molar-refractivity contribution is -0.143. The molecule has 3 unspecified atom stereocenters. The summed E-state index contributed by atoms with van der Waals surface area (Å²) in [6, 6.07) is -3.55. The molecule has 0 radical (unpaired) electrons. The Morgan fingerprint density at radius 3 is 2.06 bits per heavy atom. The molecule has 176 valence electrons. The number of guanidine groups is 1. The molecule has 0 aliphatic rings. The molecule has 14 nitrogen and oxygen atoms in total. The van der Waals surface area contributed by atoms with Gasteiger partial charge in [0, 0.05) is 6.54 Å². The summed E-state index contributed by atoms with van der Waals surface area (Å²) in [6.07, 6.45) is -0.302. The Morgan fingerprint density at radius 2 is 1.58 bits per heavy atom. The molecule has 3 atom stereocenters. The van der Waals surface area contributed by atoms with E-state index in [0.717, 1.165) is 0 Å². The van der Waals surface area contributed by atoms with Gasteiger partial charge in [-0.2, -0.15) is 0 Å². The highest BCUT2D eigenvalue weighted by atomic mass is 16.4. The molecule has 0 spiro atoms. The molecule has 4 amide bonds. The quantitative estimate of drug-likeness (QED) is 0.0737. The number of primary amides is 1. The van der Waals surface area contributed by atoms with Crippen LogP contribution in [0.2, 0.25) is 0 Å². The van der Waals surface area contributed by atoms with E-state index in [2.05, 4.69) is 20.9 Å². The van der Waals surface area contributed by atoms with Crippen molar-refractivity contribution in [2.45, 2.75) is 51.2 Å². The smallest absolute Gasteiger partial charge is 0.326 e. The summed E-state index contributed by atoms with van der Waals surface area (Å²) in [5.74, 6) is -4.77. The van der Waals surface area contributed by atoms with E-state index < -0.39 is 60.7 Å². The Morgan fingerprint density at radius 1 is 0.968 bits per heavy atom. The van der Waals surface area contributed by atoms with Crippen molar-refractivity contribution < 1.29 is 29.1 Å². The van der Waals surface area contributed by atoms with Crippen molar-refractivity contribution in [3.63, 3.8) is 0 Å². The van der Waals surface area contributed by atoms with Crippen molar-refractivity contribution in [1.29, 1.82) is 0 Å². The molecule has 0 aromatic heterocycles. The topological polar surface area (TPSA) is 258 Å². The highest BCUT2D eigenvalue weighted by molar-refractivity contribution is 5.93. The van der Waals surface area contributed by atoms with E-state index in [1.165, 1.54) is 0 Å². The van der Waals surface area contributed by atoms with E-state index in [9.17, 15) is 24.0 Å². The maximum atomic E-state index is 12.5. The second-order valence-electron chi connectivity index (χ2n) is 7.13. The Bertz CT molecular complexity index is 692. The van der Waals surface area contributed by atoms with E-state index in [0.29, 0.717) is 0 Å².